The number of oxazole rings is 1. The summed E-state index contributed by atoms with van der Waals surface area (Å²) in [5.74, 6) is 0.476. The van der Waals surface area contributed by atoms with E-state index < -0.39 is 0 Å². The fourth-order valence-electron chi connectivity index (χ4n) is 2.16. The monoisotopic (exact) mass is 344 g/mol. The lowest BCUT2D eigenvalue weighted by Gasteiger charge is -1.99. The molecule has 0 radical (unpaired) electrons. The van der Waals surface area contributed by atoms with Gasteiger partial charge in [0.05, 0.1) is 0 Å². The van der Waals surface area contributed by atoms with Crippen molar-refractivity contribution in [3.8, 4) is 0 Å². The highest BCUT2D eigenvalue weighted by Crippen LogP contribution is 2.27. The Morgan fingerprint density at radius 3 is 2.76 bits per heavy atom. The van der Waals surface area contributed by atoms with E-state index in [9.17, 15) is 4.79 Å². The number of aromatic nitrogens is 1. The molecular formula is C16H13BrN2O2. The van der Waals surface area contributed by atoms with Crippen LogP contribution in [0.15, 0.2) is 51.4 Å². The number of halogens is 1. The van der Waals surface area contributed by atoms with E-state index in [2.05, 4.69) is 26.2 Å². The van der Waals surface area contributed by atoms with Crippen LogP contribution in [0.5, 0.6) is 0 Å². The molecule has 1 aromatic heterocycles. The van der Waals surface area contributed by atoms with E-state index in [1.54, 1.807) is 19.2 Å². The summed E-state index contributed by atoms with van der Waals surface area (Å²) >= 11 is 3.44. The Kier molecular flexibility index (Phi) is 3.75. The minimum atomic E-state index is -0.154. The Labute approximate surface area is 130 Å². The molecular weight excluding hydrogens is 332 g/mol. The molecule has 21 heavy (non-hydrogen) atoms. The quantitative estimate of drug-likeness (QED) is 0.790. The highest BCUT2D eigenvalue weighted by atomic mass is 79.9. The first-order valence-corrected chi connectivity index (χ1v) is 7.31. The Hall–Kier alpha value is -2.14. The topological polar surface area (TPSA) is 55.1 Å². The number of nitrogens with zero attached hydrogens (tertiary/aromatic N) is 1. The third-order valence-corrected chi connectivity index (χ3v) is 3.78. The summed E-state index contributed by atoms with van der Waals surface area (Å²) in [6, 6.07) is 13.5. The predicted octanol–water partition coefficient (Wildman–Crippen LogP) is 3.54. The number of carbonyl (C=O) groups is 1. The number of benzene rings is 2. The fraction of sp³-hybridized carbons (Fsp3) is 0.125. The molecule has 0 saturated heterocycles. The van der Waals surface area contributed by atoms with Gasteiger partial charge in [0.1, 0.15) is 5.52 Å². The molecule has 0 aliphatic rings. The first-order valence-electron chi connectivity index (χ1n) is 6.52. The number of amides is 1. The second-order valence-electron chi connectivity index (χ2n) is 4.65. The summed E-state index contributed by atoms with van der Waals surface area (Å²) in [5.41, 5.74) is 3.01. The summed E-state index contributed by atoms with van der Waals surface area (Å²) in [6.07, 6.45) is 0.622. The maximum absolute atomic E-state index is 11.7. The lowest BCUT2D eigenvalue weighted by molar-refractivity contribution is 0.0963. The first-order chi connectivity index (χ1) is 10.2. The molecule has 0 bridgehead atoms. The van der Waals surface area contributed by atoms with Gasteiger partial charge in [0.25, 0.3) is 5.91 Å². The van der Waals surface area contributed by atoms with Crippen LogP contribution in [-0.4, -0.2) is 17.9 Å². The van der Waals surface area contributed by atoms with E-state index in [1.807, 2.05) is 30.3 Å². The SMILES string of the molecule is CNC(=O)c1cc(Br)c2nc(Cc3ccccc3)oc2c1. The average molecular weight is 345 g/mol. The van der Waals surface area contributed by atoms with Crippen LogP contribution < -0.4 is 5.32 Å². The van der Waals surface area contributed by atoms with Gasteiger partial charge in [-0.25, -0.2) is 4.98 Å². The molecule has 5 heteroatoms. The van der Waals surface area contributed by atoms with Crippen molar-refractivity contribution in [1.82, 2.24) is 10.3 Å². The van der Waals surface area contributed by atoms with Gasteiger partial charge in [0, 0.05) is 23.5 Å². The summed E-state index contributed by atoms with van der Waals surface area (Å²) in [5, 5.41) is 2.60. The summed E-state index contributed by atoms with van der Waals surface area (Å²) < 4.78 is 6.52. The molecule has 3 aromatic rings. The van der Waals surface area contributed by atoms with Crippen LogP contribution in [0.4, 0.5) is 0 Å². The number of rotatable bonds is 3. The summed E-state index contributed by atoms with van der Waals surface area (Å²) in [7, 11) is 1.60. The fourth-order valence-corrected chi connectivity index (χ4v) is 2.69. The van der Waals surface area contributed by atoms with Gasteiger partial charge in [-0.05, 0) is 33.6 Å². The first kappa shape index (κ1) is 13.8. The van der Waals surface area contributed by atoms with Crippen molar-refractivity contribution in [2.45, 2.75) is 6.42 Å². The highest BCUT2D eigenvalue weighted by Gasteiger charge is 2.13. The molecule has 0 atom stereocenters. The Morgan fingerprint density at radius 1 is 1.29 bits per heavy atom. The molecule has 0 spiro atoms. The number of fused-ring (bicyclic) bond motifs is 1. The van der Waals surface area contributed by atoms with Crippen LogP contribution >= 0.6 is 15.9 Å². The van der Waals surface area contributed by atoms with Crippen LogP contribution in [0.3, 0.4) is 0 Å². The van der Waals surface area contributed by atoms with E-state index in [0.29, 0.717) is 23.5 Å². The number of nitrogens with one attached hydrogen (secondary N) is 1. The number of hydrogen-bond acceptors (Lipinski definition) is 3. The maximum Gasteiger partial charge on any atom is 0.251 e. The molecule has 1 amide bonds. The summed E-state index contributed by atoms with van der Waals surface area (Å²) in [6.45, 7) is 0. The van der Waals surface area contributed by atoms with Gasteiger partial charge in [-0.1, -0.05) is 30.3 Å². The molecule has 1 heterocycles. The third kappa shape index (κ3) is 2.83. The molecule has 2 aromatic carbocycles. The zero-order chi connectivity index (χ0) is 14.8. The van der Waals surface area contributed by atoms with Crippen LogP contribution in [0, 0.1) is 0 Å². The van der Waals surface area contributed by atoms with Crippen molar-refractivity contribution in [2.24, 2.45) is 0 Å². The van der Waals surface area contributed by atoms with Crippen molar-refractivity contribution in [2.75, 3.05) is 7.05 Å². The van der Waals surface area contributed by atoms with Gasteiger partial charge in [-0.3, -0.25) is 4.79 Å². The molecule has 0 fully saturated rings. The van der Waals surface area contributed by atoms with Gasteiger partial charge in [0.2, 0.25) is 0 Å². The molecule has 106 valence electrons. The lowest BCUT2D eigenvalue weighted by Crippen LogP contribution is -2.17. The molecule has 0 saturated carbocycles. The summed E-state index contributed by atoms with van der Waals surface area (Å²) in [4.78, 5) is 16.2. The second kappa shape index (κ2) is 5.69. The molecule has 1 N–H and O–H groups in total. The Morgan fingerprint density at radius 2 is 2.05 bits per heavy atom. The van der Waals surface area contributed by atoms with Gasteiger partial charge in [0.15, 0.2) is 11.5 Å². The minimum absolute atomic E-state index is 0.154. The van der Waals surface area contributed by atoms with E-state index in [4.69, 9.17) is 4.42 Å². The smallest absolute Gasteiger partial charge is 0.251 e. The zero-order valence-electron chi connectivity index (χ0n) is 11.4. The lowest BCUT2D eigenvalue weighted by atomic mass is 10.1. The Bertz CT molecular complexity index is 797. The van der Waals surface area contributed by atoms with Gasteiger partial charge < -0.3 is 9.73 Å². The van der Waals surface area contributed by atoms with Gasteiger partial charge in [-0.2, -0.15) is 0 Å². The van der Waals surface area contributed by atoms with Crippen molar-refractivity contribution in [3.05, 3.63) is 64.0 Å². The number of hydrogen-bond donors (Lipinski definition) is 1. The van der Waals surface area contributed by atoms with Crippen molar-refractivity contribution in [3.63, 3.8) is 0 Å². The van der Waals surface area contributed by atoms with Crippen molar-refractivity contribution in [1.29, 1.82) is 0 Å². The van der Waals surface area contributed by atoms with E-state index in [-0.39, 0.29) is 5.91 Å². The Balaban J connectivity index is 2.00. The van der Waals surface area contributed by atoms with E-state index >= 15 is 0 Å². The van der Waals surface area contributed by atoms with Crippen LogP contribution in [0.2, 0.25) is 0 Å². The second-order valence-corrected chi connectivity index (χ2v) is 5.51. The van der Waals surface area contributed by atoms with Gasteiger partial charge >= 0.3 is 0 Å². The standard InChI is InChI=1S/C16H13BrN2O2/c1-18-16(20)11-8-12(17)15-13(9-11)21-14(19-15)7-10-5-3-2-4-6-10/h2-6,8-9H,7H2,1H3,(H,18,20). The molecule has 0 unspecified atom stereocenters. The highest BCUT2D eigenvalue weighted by molar-refractivity contribution is 9.10. The van der Waals surface area contributed by atoms with Crippen molar-refractivity contribution >= 4 is 32.9 Å². The van der Waals surface area contributed by atoms with E-state index in [0.717, 1.165) is 15.6 Å². The predicted molar refractivity (Wildman–Crippen MR) is 84.3 cm³/mol. The molecule has 4 nitrogen and oxygen atoms in total. The van der Waals surface area contributed by atoms with Crippen LogP contribution in [0.1, 0.15) is 21.8 Å². The van der Waals surface area contributed by atoms with Gasteiger partial charge in [-0.15, -0.1) is 0 Å². The van der Waals surface area contributed by atoms with Crippen molar-refractivity contribution < 1.29 is 9.21 Å². The van der Waals surface area contributed by atoms with Crippen LogP contribution in [0.25, 0.3) is 11.1 Å². The molecule has 3 rings (SSSR count). The maximum atomic E-state index is 11.7. The zero-order valence-corrected chi connectivity index (χ0v) is 13.0. The minimum Gasteiger partial charge on any atom is -0.440 e. The largest absolute Gasteiger partial charge is 0.440 e. The third-order valence-electron chi connectivity index (χ3n) is 3.18. The molecule has 0 aliphatic carbocycles. The number of carbonyl (C=O) groups excluding carboxylic acids is 1. The molecule has 0 aliphatic heterocycles. The average Bonchev–Trinajstić information content (AvgIpc) is 2.90. The van der Waals surface area contributed by atoms with E-state index in [1.165, 1.54) is 0 Å². The van der Waals surface area contributed by atoms with Crippen LogP contribution in [-0.2, 0) is 6.42 Å². The normalized spacial score (nSPS) is 10.8.